The summed E-state index contributed by atoms with van der Waals surface area (Å²) in [5, 5.41) is 0. The van der Waals surface area contributed by atoms with E-state index in [2.05, 4.69) is 11.8 Å². The molecule has 1 saturated heterocycles. The Morgan fingerprint density at radius 3 is 2.07 bits per heavy atom. The van der Waals surface area contributed by atoms with Gasteiger partial charge in [0.1, 0.15) is 0 Å². The van der Waals surface area contributed by atoms with Gasteiger partial charge < -0.3 is 5.73 Å². The molecule has 14 heavy (non-hydrogen) atoms. The molecule has 0 bridgehead atoms. The first-order valence-corrected chi connectivity index (χ1v) is 6.26. The van der Waals surface area contributed by atoms with Gasteiger partial charge in [-0.15, -0.1) is 0 Å². The number of nitrogens with two attached hydrogens (primary N) is 1. The Balaban J connectivity index is 2.11. The van der Waals surface area contributed by atoms with Crippen LogP contribution in [0.5, 0.6) is 0 Å². The molecule has 0 aromatic rings. The molecular formula is C12H24N2. The van der Waals surface area contributed by atoms with Crippen molar-refractivity contribution in [1.82, 2.24) is 4.90 Å². The van der Waals surface area contributed by atoms with Crippen LogP contribution in [-0.2, 0) is 0 Å². The lowest BCUT2D eigenvalue weighted by atomic mass is 9.76. The molecule has 1 aliphatic carbocycles. The van der Waals surface area contributed by atoms with Gasteiger partial charge >= 0.3 is 0 Å². The van der Waals surface area contributed by atoms with Crippen LogP contribution in [0, 0.1) is 0 Å². The van der Waals surface area contributed by atoms with Crippen LogP contribution in [0.4, 0.5) is 0 Å². The number of likely N-dealkylation sites (tertiary alicyclic amines) is 1. The highest BCUT2D eigenvalue weighted by molar-refractivity contribution is 5.00. The predicted molar refractivity (Wildman–Crippen MR) is 60.3 cm³/mol. The Bertz CT molecular complexity index is 177. The number of hydrogen-bond donors (Lipinski definition) is 1. The van der Waals surface area contributed by atoms with Crippen molar-refractivity contribution in [3.05, 3.63) is 0 Å². The molecule has 2 aliphatic rings. The van der Waals surface area contributed by atoms with E-state index in [0.29, 0.717) is 11.6 Å². The lowest BCUT2D eigenvalue weighted by molar-refractivity contribution is 0.0527. The smallest absolute Gasteiger partial charge is 0.0357 e. The molecule has 2 rings (SSSR count). The molecule has 2 fully saturated rings. The highest BCUT2D eigenvalue weighted by atomic mass is 15.2. The zero-order chi connectivity index (χ0) is 10.0. The van der Waals surface area contributed by atoms with Crippen molar-refractivity contribution in [2.24, 2.45) is 5.73 Å². The van der Waals surface area contributed by atoms with Gasteiger partial charge in [0.2, 0.25) is 0 Å². The topological polar surface area (TPSA) is 29.3 Å². The van der Waals surface area contributed by atoms with Crippen LogP contribution in [0.15, 0.2) is 0 Å². The predicted octanol–water partition coefficient (Wildman–Crippen LogP) is 2.13. The molecule has 0 aromatic carbocycles. The average Bonchev–Trinajstić information content (AvgIpc) is 2.72. The first-order chi connectivity index (χ1) is 6.76. The second kappa shape index (κ2) is 4.19. The van der Waals surface area contributed by atoms with Crippen molar-refractivity contribution in [1.29, 1.82) is 0 Å². The largest absolute Gasteiger partial charge is 0.326 e. The van der Waals surface area contributed by atoms with E-state index in [1.54, 1.807) is 0 Å². The minimum Gasteiger partial charge on any atom is -0.326 e. The van der Waals surface area contributed by atoms with Crippen molar-refractivity contribution in [2.45, 2.75) is 63.5 Å². The molecule has 1 unspecified atom stereocenters. The molecule has 0 aromatic heterocycles. The highest BCUT2D eigenvalue weighted by Crippen LogP contribution is 2.37. The second-order valence-electron chi connectivity index (χ2n) is 5.15. The third-order valence-electron chi connectivity index (χ3n) is 4.30. The third kappa shape index (κ3) is 1.70. The van der Waals surface area contributed by atoms with Gasteiger partial charge in [0.15, 0.2) is 0 Å². The molecule has 2 N–H and O–H groups in total. The molecule has 1 heterocycles. The number of nitrogens with zero attached hydrogens (tertiary/aromatic N) is 1. The van der Waals surface area contributed by atoms with Gasteiger partial charge in [0, 0.05) is 11.6 Å². The van der Waals surface area contributed by atoms with Gasteiger partial charge in [0.05, 0.1) is 0 Å². The zero-order valence-electron chi connectivity index (χ0n) is 9.47. The fourth-order valence-corrected chi connectivity index (χ4v) is 3.39. The number of rotatable bonds is 2. The molecule has 0 spiro atoms. The fraction of sp³-hybridized carbons (Fsp3) is 1.00. The Labute approximate surface area is 87.8 Å². The maximum absolute atomic E-state index is 6.24. The van der Waals surface area contributed by atoms with Crippen LogP contribution in [0.2, 0.25) is 0 Å². The number of hydrogen-bond acceptors (Lipinski definition) is 2. The molecule has 0 radical (unpaired) electrons. The van der Waals surface area contributed by atoms with Crippen molar-refractivity contribution >= 4 is 0 Å². The summed E-state index contributed by atoms with van der Waals surface area (Å²) in [7, 11) is 0. The van der Waals surface area contributed by atoms with Crippen LogP contribution in [-0.4, -0.2) is 29.6 Å². The Morgan fingerprint density at radius 1 is 1.00 bits per heavy atom. The van der Waals surface area contributed by atoms with Crippen LogP contribution >= 0.6 is 0 Å². The van der Waals surface area contributed by atoms with Gasteiger partial charge in [-0.25, -0.2) is 0 Å². The van der Waals surface area contributed by atoms with E-state index in [4.69, 9.17) is 5.73 Å². The van der Waals surface area contributed by atoms with Crippen LogP contribution < -0.4 is 5.73 Å². The van der Waals surface area contributed by atoms with Gasteiger partial charge in [-0.3, -0.25) is 4.90 Å². The van der Waals surface area contributed by atoms with Crippen molar-refractivity contribution in [3.63, 3.8) is 0 Å². The van der Waals surface area contributed by atoms with Crippen molar-refractivity contribution in [3.8, 4) is 0 Å². The average molecular weight is 196 g/mol. The molecule has 1 aliphatic heterocycles. The van der Waals surface area contributed by atoms with E-state index in [-0.39, 0.29) is 0 Å². The first-order valence-electron chi connectivity index (χ1n) is 6.26. The van der Waals surface area contributed by atoms with E-state index in [1.807, 2.05) is 0 Å². The third-order valence-corrected chi connectivity index (χ3v) is 4.30. The SMILES string of the molecule is CC(N)C1(N2CCCC2)CCCCC1. The Morgan fingerprint density at radius 2 is 1.57 bits per heavy atom. The lowest BCUT2D eigenvalue weighted by Gasteiger charge is -2.47. The van der Waals surface area contributed by atoms with Crippen LogP contribution in [0.25, 0.3) is 0 Å². The van der Waals surface area contributed by atoms with Crippen molar-refractivity contribution < 1.29 is 0 Å². The van der Waals surface area contributed by atoms with Gasteiger partial charge in [-0.2, -0.15) is 0 Å². The van der Waals surface area contributed by atoms with E-state index in [9.17, 15) is 0 Å². The molecule has 1 atom stereocenters. The maximum atomic E-state index is 6.24. The first kappa shape index (κ1) is 10.4. The standard InChI is InChI=1S/C12H24N2/c1-11(13)12(7-3-2-4-8-12)14-9-5-6-10-14/h11H,2-10,13H2,1H3. The summed E-state index contributed by atoms with van der Waals surface area (Å²) in [6.45, 7) is 4.80. The minimum atomic E-state index is 0.348. The van der Waals surface area contributed by atoms with Crippen LogP contribution in [0.3, 0.4) is 0 Å². The molecule has 0 amide bonds. The van der Waals surface area contributed by atoms with Gasteiger partial charge in [-0.05, 0) is 45.7 Å². The summed E-state index contributed by atoms with van der Waals surface area (Å²) in [4.78, 5) is 2.69. The van der Waals surface area contributed by atoms with Gasteiger partial charge in [-0.1, -0.05) is 19.3 Å². The summed E-state index contributed by atoms with van der Waals surface area (Å²) < 4.78 is 0. The lowest BCUT2D eigenvalue weighted by Crippen LogP contribution is -2.58. The normalized spacial score (nSPS) is 30.4. The monoisotopic (exact) mass is 196 g/mol. The summed E-state index contributed by atoms with van der Waals surface area (Å²) in [5.41, 5.74) is 6.61. The maximum Gasteiger partial charge on any atom is 0.0357 e. The molecule has 1 saturated carbocycles. The summed E-state index contributed by atoms with van der Waals surface area (Å²) in [6, 6.07) is 0.348. The fourth-order valence-electron chi connectivity index (χ4n) is 3.39. The molecule has 2 nitrogen and oxygen atoms in total. The van der Waals surface area contributed by atoms with Crippen LogP contribution in [0.1, 0.15) is 51.9 Å². The highest BCUT2D eigenvalue weighted by Gasteiger charge is 2.41. The zero-order valence-corrected chi connectivity index (χ0v) is 9.47. The van der Waals surface area contributed by atoms with E-state index in [1.165, 1.54) is 58.0 Å². The molecular weight excluding hydrogens is 172 g/mol. The van der Waals surface area contributed by atoms with Gasteiger partial charge in [0.25, 0.3) is 0 Å². The van der Waals surface area contributed by atoms with E-state index < -0.39 is 0 Å². The van der Waals surface area contributed by atoms with Crippen molar-refractivity contribution in [2.75, 3.05) is 13.1 Å². The summed E-state index contributed by atoms with van der Waals surface area (Å²) in [6.07, 6.45) is 9.64. The Hall–Kier alpha value is -0.0800. The summed E-state index contributed by atoms with van der Waals surface area (Å²) >= 11 is 0. The van der Waals surface area contributed by atoms with E-state index >= 15 is 0 Å². The minimum absolute atomic E-state index is 0.348. The summed E-state index contributed by atoms with van der Waals surface area (Å²) in [5.74, 6) is 0. The quantitative estimate of drug-likeness (QED) is 0.733. The van der Waals surface area contributed by atoms with E-state index in [0.717, 1.165) is 0 Å². The Kier molecular flexibility index (Phi) is 3.13. The molecule has 82 valence electrons. The molecule has 2 heteroatoms. The second-order valence-corrected chi connectivity index (χ2v) is 5.15.